The molecule has 0 amide bonds. The van der Waals surface area contributed by atoms with Gasteiger partial charge in [0.1, 0.15) is 0 Å². The van der Waals surface area contributed by atoms with Gasteiger partial charge in [0.15, 0.2) is 0 Å². The van der Waals surface area contributed by atoms with Gasteiger partial charge in [-0.3, -0.25) is 0 Å². The molecule has 0 aromatic carbocycles. The van der Waals surface area contributed by atoms with Crippen molar-refractivity contribution in [2.24, 2.45) is 0 Å². The van der Waals surface area contributed by atoms with Crippen molar-refractivity contribution in [3.63, 3.8) is 0 Å². The molecule has 0 saturated carbocycles. The summed E-state index contributed by atoms with van der Waals surface area (Å²) in [4.78, 5) is 21.6. The van der Waals surface area contributed by atoms with Crippen LogP contribution >= 0.6 is 7.82 Å². The van der Waals surface area contributed by atoms with Crippen LogP contribution in [0.5, 0.6) is 0 Å². The van der Waals surface area contributed by atoms with E-state index in [0.717, 1.165) is 0 Å². The first-order valence-electron chi connectivity index (χ1n) is 0.783. The molecule has 0 spiro atoms. The second kappa shape index (κ2) is 13.2. The zero-order valence-corrected chi connectivity index (χ0v) is 8.77. The first-order chi connectivity index (χ1) is 2.00. The molecule has 0 aliphatic heterocycles. The topological polar surface area (TPSA) is 77.8 Å². The van der Waals surface area contributed by atoms with Crippen LogP contribution in [0.4, 0.5) is 0 Å². The maximum Gasteiger partial charge on any atom is 2.00 e. The van der Waals surface area contributed by atoms with Crippen LogP contribution in [0.2, 0.25) is 0 Å². The van der Waals surface area contributed by atoms with Crippen molar-refractivity contribution in [2.75, 3.05) is 0 Å². The molecule has 0 fully saturated rings. The minimum Gasteiger partial charge on any atom is -1.00 e. The maximum absolute atomic E-state index is 8.88. The Morgan fingerprint density at radius 1 is 1.11 bits per heavy atom. The smallest absolute Gasteiger partial charge is 1.00 e. The molecule has 0 unspecified atom stereocenters. The fourth-order valence-corrected chi connectivity index (χ4v) is 0. The molecule has 1 radical (unpaired) electrons. The van der Waals surface area contributed by atoms with Gasteiger partial charge in [0.2, 0.25) is 0 Å². The van der Waals surface area contributed by atoms with Crippen LogP contribution in [-0.4, -0.2) is 37.7 Å². The normalized spacial score (nSPS) is 6.56. The Hall–Kier alpha value is 2.59. The second-order valence-corrected chi connectivity index (χ2v) is 1.54. The minimum absolute atomic E-state index is 0. The Labute approximate surface area is 110 Å². The second-order valence-electron chi connectivity index (χ2n) is 0.513. The largest absolute Gasteiger partial charge is 2.00 e. The molecule has 0 aromatic heterocycles. The number of hydrogen-bond donors (Lipinski definition) is 3. The Morgan fingerprint density at radius 2 is 1.11 bits per heavy atom. The van der Waals surface area contributed by atoms with E-state index in [2.05, 4.69) is 0 Å². The van der Waals surface area contributed by atoms with E-state index in [4.69, 9.17) is 19.2 Å². The molecule has 0 heterocycles. The molecule has 0 rings (SSSR count). The van der Waals surface area contributed by atoms with Crippen molar-refractivity contribution in [1.82, 2.24) is 0 Å². The Kier molecular flexibility index (Phi) is 43.9. The number of rotatable bonds is 0. The molecule has 0 aromatic rings. The Bertz CT molecular complexity index is 76.3. The number of hydrogen-bond acceptors (Lipinski definition) is 1. The number of phosphoric acid groups is 1. The zero-order chi connectivity index (χ0) is 4.50. The third kappa shape index (κ3) is 116. The van der Waals surface area contributed by atoms with Crippen LogP contribution in [0.3, 0.4) is 0 Å². The quantitative estimate of drug-likeness (QED) is 0.265. The van der Waals surface area contributed by atoms with Gasteiger partial charge < -0.3 is 20.4 Å². The van der Waals surface area contributed by atoms with Gasteiger partial charge in [0, 0.05) is 17.1 Å². The molecule has 0 saturated heterocycles. The molecule has 4 nitrogen and oxygen atoms in total. The van der Waals surface area contributed by atoms with Crippen LogP contribution < -0.4 is 37.7 Å². The standard InChI is InChI=1S/2Li.Mg.Mn.H3O4P.4H/c;;;;1-5(2,3)4;;;;/h;;;;(H3,1,2,3,4);;;;/q2*+1;+2;;;4*-1. The average molecular weight is 195 g/mol. The van der Waals surface area contributed by atoms with Crippen molar-refractivity contribution >= 4 is 30.9 Å². The predicted molar refractivity (Wildman–Crippen MR) is 24.5 cm³/mol. The summed E-state index contributed by atoms with van der Waals surface area (Å²) in [5, 5.41) is 0. The monoisotopic (exact) mass is 195 g/mol. The van der Waals surface area contributed by atoms with E-state index in [1.54, 1.807) is 0 Å². The van der Waals surface area contributed by atoms with Crippen LogP contribution in [-0.2, 0) is 21.6 Å². The van der Waals surface area contributed by atoms with Crippen molar-refractivity contribution in [3.05, 3.63) is 0 Å². The third-order valence-corrected chi connectivity index (χ3v) is 0. The molecular weight excluding hydrogens is 188 g/mol. The van der Waals surface area contributed by atoms with Crippen molar-refractivity contribution in [3.8, 4) is 0 Å². The van der Waals surface area contributed by atoms with Gasteiger partial charge in [-0.2, -0.15) is 0 Å². The van der Waals surface area contributed by atoms with Crippen LogP contribution in [0.25, 0.3) is 0 Å². The van der Waals surface area contributed by atoms with Crippen molar-refractivity contribution in [1.29, 1.82) is 0 Å². The summed E-state index contributed by atoms with van der Waals surface area (Å²) >= 11 is 0. The molecule has 9 heavy (non-hydrogen) atoms. The fraction of sp³-hybridized carbons (Fsp3) is 0. The van der Waals surface area contributed by atoms with Gasteiger partial charge in [-0.1, -0.05) is 0 Å². The van der Waals surface area contributed by atoms with E-state index in [9.17, 15) is 0 Å². The maximum atomic E-state index is 8.88. The molecule has 9 heteroatoms. The van der Waals surface area contributed by atoms with Gasteiger partial charge in [-0.05, 0) is 0 Å². The Balaban J connectivity index is -0.00000000286. The van der Waals surface area contributed by atoms with Crippen molar-refractivity contribution in [2.45, 2.75) is 0 Å². The van der Waals surface area contributed by atoms with Crippen molar-refractivity contribution < 1.29 is 79.7 Å². The van der Waals surface area contributed by atoms with E-state index >= 15 is 0 Å². The zero-order valence-electron chi connectivity index (χ0n) is 9.28. The summed E-state index contributed by atoms with van der Waals surface area (Å²) in [6, 6.07) is 0. The summed E-state index contributed by atoms with van der Waals surface area (Å²) in [6.07, 6.45) is 0. The summed E-state index contributed by atoms with van der Waals surface area (Å²) in [5.41, 5.74) is 0. The molecule has 0 bridgehead atoms. The summed E-state index contributed by atoms with van der Waals surface area (Å²) in [5.74, 6) is 0. The first kappa shape index (κ1) is 29.9. The van der Waals surface area contributed by atoms with Gasteiger partial charge in [0.25, 0.3) is 0 Å². The van der Waals surface area contributed by atoms with E-state index in [1.807, 2.05) is 0 Å². The molecular formula is H7Li2MgMnO4P. The van der Waals surface area contributed by atoms with E-state index < -0.39 is 7.82 Å². The summed E-state index contributed by atoms with van der Waals surface area (Å²) < 4.78 is 8.88. The fourth-order valence-electron chi connectivity index (χ4n) is 0. The summed E-state index contributed by atoms with van der Waals surface area (Å²) in [7, 11) is -4.64. The molecule has 0 atom stereocenters. The predicted octanol–water partition coefficient (Wildman–Crippen LogP) is -6.85. The Morgan fingerprint density at radius 3 is 1.11 bits per heavy atom. The van der Waals surface area contributed by atoms with Crippen LogP contribution in [0.1, 0.15) is 5.71 Å². The third-order valence-electron chi connectivity index (χ3n) is 0. The first-order valence-corrected chi connectivity index (χ1v) is 2.35. The average Bonchev–Trinajstić information content (AvgIpc) is 0.722. The molecule has 0 aliphatic rings. The summed E-state index contributed by atoms with van der Waals surface area (Å²) in [6.45, 7) is 0. The van der Waals surface area contributed by atoms with Gasteiger partial charge in [-0.15, -0.1) is 0 Å². The van der Waals surface area contributed by atoms with E-state index in [0.29, 0.717) is 0 Å². The van der Waals surface area contributed by atoms with E-state index in [-0.39, 0.29) is 83.5 Å². The SMILES string of the molecule is O=P(O)(O)O.[H-].[H-].[H-].[H-].[Li+].[Li+].[Mg+2].[Mn]. The minimum atomic E-state index is -4.64. The van der Waals surface area contributed by atoms with Gasteiger partial charge >= 0.3 is 68.6 Å². The van der Waals surface area contributed by atoms with Gasteiger partial charge in [0.05, 0.1) is 0 Å². The van der Waals surface area contributed by atoms with Crippen LogP contribution in [0.15, 0.2) is 0 Å². The molecule has 0 aliphatic carbocycles. The van der Waals surface area contributed by atoms with Gasteiger partial charge in [-0.25, -0.2) is 4.57 Å². The molecule has 3 N–H and O–H groups in total. The molecule has 47 valence electrons. The van der Waals surface area contributed by atoms with Crippen LogP contribution in [0, 0.1) is 0 Å². The van der Waals surface area contributed by atoms with E-state index in [1.165, 1.54) is 0 Å².